The van der Waals surface area contributed by atoms with Gasteiger partial charge >= 0.3 is 12.1 Å². The molecule has 0 heterocycles. The fourth-order valence-corrected chi connectivity index (χ4v) is 3.95. The molecule has 0 radical (unpaired) electrons. The monoisotopic (exact) mass is 438 g/mol. The lowest BCUT2D eigenvalue weighted by atomic mass is 9.74. The van der Waals surface area contributed by atoms with E-state index in [1.807, 2.05) is 0 Å². The van der Waals surface area contributed by atoms with Crippen LogP contribution in [0.2, 0.25) is 5.02 Å². The Morgan fingerprint density at radius 2 is 1.83 bits per heavy atom. The molecule has 2 rings (SSSR count). The Kier molecular flexibility index (Phi) is 7.83. The van der Waals surface area contributed by atoms with Crippen molar-refractivity contribution in [3.05, 3.63) is 34.9 Å². The highest BCUT2D eigenvalue weighted by Crippen LogP contribution is 2.42. The number of ketones is 1. The number of hydrogen-bond donors (Lipinski definition) is 1. The quantitative estimate of drug-likeness (QED) is 0.540. The van der Waals surface area contributed by atoms with Crippen LogP contribution in [0.15, 0.2) is 24.3 Å². The number of carbonyl (C=O) groups is 4. The number of nitrogens with one attached hydrogen (secondary N) is 1. The molecule has 1 aromatic carbocycles. The maximum Gasteiger partial charge on any atom is 0.413 e. The van der Waals surface area contributed by atoms with Gasteiger partial charge in [0.1, 0.15) is 11.6 Å². The van der Waals surface area contributed by atoms with Crippen LogP contribution in [0.5, 0.6) is 0 Å². The standard InChI is InChI=1S/C21H27ClN2O6/c1-13(23-14(2)25)19(27)29-15(3)30-20(28)24(4)21(12-8-7-11-18(21)26)16-9-5-6-10-17(16)22/h5-6,9-10,13,15H,7-8,11-12H2,1-4H3,(H,23,25)/t13?,15?,21-/m0/s1. The molecule has 0 saturated heterocycles. The van der Waals surface area contributed by atoms with E-state index >= 15 is 0 Å². The lowest BCUT2D eigenvalue weighted by Crippen LogP contribution is -2.55. The zero-order valence-electron chi connectivity index (χ0n) is 17.6. The summed E-state index contributed by atoms with van der Waals surface area (Å²) in [5.41, 5.74) is -0.708. The first kappa shape index (κ1) is 23.7. The largest absolute Gasteiger partial charge is 0.424 e. The van der Waals surface area contributed by atoms with Crippen LogP contribution in [0.25, 0.3) is 0 Å². The molecule has 1 aliphatic carbocycles. The van der Waals surface area contributed by atoms with Gasteiger partial charge in [0.2, 0.25) is 12.2 Å². The number of nitrogens with zero attached hydrogens (tertiary/aromatic N) is 1. The number of rotatable bonds is 6. The number of amides is 2. The van der Waals surface area contributed by atoms with E-state index in [1.165, 1.54) is 32.7 Å². The Morgan fingerprint density at radius 1 is 1.17 bits per heavy atom. The van der Waals surface area contributed by atoms with E-state index < -0.39 is 29.9 Å². The van der Waals surface area contributed by atoms with Gasteiger partial charge in [-0.15, -0.1) is 0 Å². The summed E-state index contributed by atoms with van der Waals surface area (Å²) in [6.45, 7) is 4.12. The highest BCUT2D eigenvalue weighted by Gasteiger charge is 2.48. The molecule has 0 spiro atoms. The second-order valence-electron chi connectivity index (χ2n) is 7.34. The predicted molar refractivity (Wildman–Crippen MR) is 110 cm³/mol. The number of carbonyl (C=O) groups excluding carboxylic acids is 4. The molecule has 1 fully saturated rings. The lowest BCUT2D eigenvalue weighted by molar-refractivity contribution is -0.170. The van der Waals surface area contributed by atoms with Crippen molar-refractivity contribution >= 4 is 35.4 Å². The Labute approximate surface area is 180 Å². The molecule has 9 heteroatoms. The minimum Gasteiger partial charge on any atom is -0.424 e. The molecule has 1 aromatic rings. The molecular weight excluding hydrogens is 412 g/mol. The van der Waals surface area contributed by atoms with E-state index in [0.717, 1.165) is 12.8 Å². The third kappa shape index (κ3) is 5.11. The van der Waals surface area contributed by atoms with Crippen molar-refractivity contribution < 1.29 is 28.7 Å². The minimum absolute atomic E-state index is 0.120. The average molecular weight is 439 g/mol. The fourth-order valence-electron chi connectivity index (χ4n) is 3.66. The molecule has 1 N–H and O–H groups in total. The first-order chi connectivity index (χ1) is 14.1. The van der Waals surface area contributed by atoms with Gasteiger partial charge < -0.3 is 14.8 Å². The summed E-state index contributed by atoms with van der Waals surface area (Å²) in [4.78, 5) is 50.2. The lowest BCUT2D eigenvalue weighted by Gasteiger charge is -2.43. The van der Waals surface area contributed by atoms with Gasteiger partial charge in [-0.2, -0.15) is 0 Å². The fraction of sp³-hybridized carbons (Fsp3) is 0.524. The Morgan fingerprint density at radius 3 is 2.43 bits per heavy atom. The van der Waals surface area contributed by atoms with E-state index in [4.69, 9.17) is 21.1 Å². The number of hydrogen-bond acceptors (Lipinski definition) is 6. The van der Waals surface area contributed by atoms with Gasteiger partial charge in [-0.05, 0) is 32.3 Å². The van der Waals surface area contributed by atoms with E-state index in [9.17, 15) is 19.2 Å². The maximum atomic E-state index is 13.0. The molecule has 164 valence electrons. The molecule has 30 heavy (non-hydrogen) atoms. The van der Waals surface area contributed by atoms with Crippen LogP contribution in [-0.2, 0) is 29.4 Å². The number of esters is 1. The van der Waals surface area contributed by atoms with Crippen LogP contribution in [0.3, 0.4) is 0 Å². The van der Waals surface area contributed by atoms with Crippen LogP contribution < -0.4 is 5.32 Å². The zero-order chi connectivity index (χ0) is 22.5. The minimum atomic E-state index is -1.25. The topological polar surface area (TPSA) is 102 Å². The number of ether oxygens (including phenoxy) is 2. The van der Waals surface area contributed by atoms with Gasteiger partial charge in [-0.3, -0.25) is 14.5 Å². The summed E-state index contributed by atoms with van der Waals surface area (Å²) in [5.74, 6) is -1.26. The Balaban J connectivity index is 2.18. The van der Waals surface area contributed by atoms with Gasteiger partial charge in [0.05, 0.1) is 0 Å². The van der Waals surface area contributed by atoms with Crippen LogP contribution in [0, 0.1) is 0 Å². The van der Waals surface area contributed by atoms with Crippen molar-refractivity contribution in [2.24, 2.45) is 0 Å². The van der Waals surface area contributed by atoms with Gasteiger partial charge in [-0.1, -0.05) is 29.8 Å². The summed E-state index contributed by atoms with van der Waals surface area (Å²) < 4.78 is 10.3. The van der Waals surface area contributed by atoms with E-state index in [-0.39, 0.29) is 11.7 Å². The smallest absolute Gasteiger partial charge is 0.413 e. The SMILES string of the molecule is CC(=O)NC(C)C(=O)OC(C)OC(=O)N(C)[C@]1(c2ccccc2Cl)CCCCC1=O. The van der Waals surface area contributed by atoms with Gasteiger partial charge in [0.15, 0.2) is 5.78 Å². The zero-order valence-corrected chi connectivity index (χ0v) is 18.3. The Hall–Kier alpha value is -2.61. The third-order valence-corrected chi connectivity index (χ3v) is 5.47. The van der Waals surface area contributed by atoms with Gasteiger partial charge in [0.25, 0.3) is 0 Å². The van der Waals surface area contributed by atoms with Crippen molar-refractivity contribution in [3.8, 4) is 0 Å². The predicted octanol–water partition coefficient (Wildman–Crippen LogP) is 3.16. The van der Waals surface area contributed by atoms with Gasteiger partial charge in [0, 0.05) is 37.9 Å². The van der Waals surface area contributed by atoms with Crippen molar-refractivity contribution in [2.45, 2.75) is 64.3 Å². The van der Waals surface area contributed by atoms with Crippen molar-refractivity contribution in [1.82, 2.24) is 10.2 Å². The molecule has 0 aromatic heterocycles. The number of benzene rings is 1. The molecule has 8 nitrogen and oxygen atoms in total. The number of Topliss-reactive ketones (excluding diaryl/α,β-unsaturated/α-hetero) is 1. The summed E-state index contributed by atoms with van der Waals surface area (Å²) in [7, 11) is 1.48. The third-order valence-electron chi connectivity index (χ3n) is 5.14. The van der Waals surface area contributed by atoms with E-state index in [0.29, 0.717) is 23.4 Å². The first-order valence-corrected chi connectivity index (χ1v) is 10.2. The van der Waals surface area contributed by atoms with Crippen molar-refractivity contribution in [3.63, 3.8) is 0 Å². The molecule has 3 atom stereocenters. The van der Waals surface area contributed by atoms with Crippen LogP contribution in [-0.4, -0.2) is 48.0 Å². The molecule has 0 bridgehead atoms. The summed E-state index contributed by atoms with van der Waals surface area (Å²) in [5, 5.41) is 2.78. The highest BCUT2D eigenvalue weighted by atomic mass is 35.5. The van der Waals surface area contributed by atoms with E-state index in [2.05, 4.69) is 5.32 Å². The summed E-state index contributed by atoms with van der Waals surface area (Å²) >= 11 is 6.38. The molecule has 2 amide bonds. The molecule has 1 aliphatic rings. The first-order valence-electron chi connectivity index (χ1n) is 9.80. The van der Waals surface area contributed by atoms with Crippen molar-refractivity contribution in [2.75, 3.05) is 7.05 Å². The molecule has 0 aliphatic heterocycles. The molecular formula is C21H27ClN2O6. The number of likely N-dealkylation sites (N-methyl/N-ethyl adjacent to an activating group) is 1. The van der Waals surface area contributed by atoms with Gasteiger partial charge in [-0.25, -0.2) is 9.59 Å². The Bertz CT molecular complexity index is 829. The average Bonchev–Trinajstić information content (AvgIpc) is 2.67. The van der Waals surface area contributed by atoms with Crippen molar-refractivity contribution in [1.29, 1.82) is 0 Å². The second-order valence-corrected chi connectivity index (χ2v) is 7.75. The molecule has 2 unspecified atom stereocenters. The van der Waals surface area contributed by atoms with E-state index in [1.54, 1.807) is 24.3 Å². The van der Waals surface area contributed by atoms with Crippen LogP contribution in [0.4, 0.5) is 4.79 Å². The summed E-state index contributed by atoms with van der Waals surface area (Å²) in [6.07, 6.45) is 0.177. The van der Waals surface area contributed by atoms with Crippen LogP contribution >= 0.6 is 11.6 Å². The normalized spacial score (nSPS) is 20.6. The molecule has 1 saturated carbocycles. The summed E-state index contributed by atoms with van der Waals surface area (Å²) in [6, 6.07) is 6.03. The van der Waals surface area contributed by atoms with Crippen LogP contribution in [0.1, 0.15) is 52.0 Å². The second kappa shape index (κ2) is 9.93. The number of halogens is 1. The highest BCUT2D eigenvalue weighted by molar-refractivity contribution is 6.31. The maximum absolute atomic E-state index is 13.0.